The Morgan fingerprint density at radius 2 is 1.82 bits per heavy atom. The minimum Gasteiger partial charge on any atom is -0.355 e. The van der Waals surface area contributed by atoms with Crippen LogP contribution in [0, 0.1) is 6.92 Å². The van der Waals surface area contributed by atoms with Gasteiger partial charge in [-0.2, -0.15) is 0 Å². The van der Waals surface area contributed by atoms with Gasteiger partial charge in [0.05, 0.1) is 17.0 Å². The third kappa shape index (κ3) is 7.89. The number of aryl methyl sites for hydroxylation is 1. The highest BCUT2D eigenvalue weighted by Crippen LogP contribution is 2.31. The van der Waals surface area contributed by atoms with Gasteiger partial charge < -0.3 is 10.2 Å². The average molecular weight is 529 g/mol. The maximum Gasteiger partial charge on any atom is 0.242 e. The lowest BCUT2D eigenvalue weighted by molar-refractivity contribution is -0.140. The second kappa shape index (κ2) is 12.4. The summed E-state index contributed by atoms with van der Waals surface area (Å²) in [6.07, 6.45) is 1.37. The van der Waals surface area contributed by atoms with Crippen LogP contribution in [0.15, 0.2) is 42.5 Å². The van der Waals surface area contributed by atoms with E-state index in [9.17, 15) is 18.0 Å². The summed E-state index contributed by atoms with van der Waals surface area (Å²) in [7, 11) is -3.66. The van der Waals surface area contributed by atoms with Crippen LogP contribution in [0.1, 0.15) is 37.8 Å². The lowest BCUT2D eigenvalue weighted by Crippen LogP contribution is -2.47. The lowest BCUT2D eigenvalue weighted by Gasteiger charge is -2.29. The SMILES string of the molecule is CCNC(=O)C(C)N(Cc1cccc(C)c1)C(=O)CCCN(c1cc(Cl)ccc1Cl)S(C)(=O)=O. The molecule has 0 bridgehead atoms. The molecule has 0 saturated heterocycles. The first-order valence-corrected chi connectivity index (χ1v) is 13.6. The molecule has 2 aromatic carbocycles. The number of anilines is 1. The molecule has 0 spiro atoms. The zero-order valence-electron chi connectivity index (χ0n) is 19.8. The molecule has 0 radical (unpaired) electrons. The largest absolute Gasteiger partial charge is 0.355 e. The number of nitrogens with zero attached hydrogens (tertiary/aromatic N) is 2. The minimum atomic E-state index is -3.66. The second-order valence-electron chi connectivity index (χ2n) is 8.12. The zero-order valence-corrected chi connectivity index (χ0v) is 22.2. The van der Waals surface area contributed by atoms with Crippen LogP contribution >= 0.6 is 23.2 Å². The van der Waals surface area contributed by atoms with E-state index < -0.39 is 16.1 Å². The first kappa shape index (κ1) is 28.0. The van der Waals surface area contributed by atoms with Crippen LogP contribution in [-0.2, 0) is 26.2 Å². The van der Waals surface area contributed by atoms with Crippen molar-refractivity contribution in [3.63, 3.8) is 0 Å². The van der Waals surface area contributed by atoms with Crippen molar-refractivity contribution in [1.29, 1.82) is 0 Å². The highest BCUT2D eigenvalue weighted by Gasteiger charge is 2.26. The quantitative estimate of drug-likeness (QED) is 0.469. The van der Waals surface area contributed by atoms with Crippen molar-refractivity contribution in [3.8, 4) is 0 Å². The van der Waals surface area contributed by atoms with E-state index in [0.29, 0.717) is 11.6 Å². The summed E-state index contributed by atoms with van der Waals surface area (Å²) < 4.78 is 26.0. The maximum absolute atomic E-state index is 13.2. The Balaban J connectivity index is 2.19. The van der Waals surface area contributed by atoms with Crippen LogP contribution in [0.25, 0.3) is 0 Å². The lowest BCUT2D eigenvalue weighted by atomic mass is 10.1. The molecule has 2 aromatic rings. The Hall–Kier alpha value is -2.29. The molecule has 1 unspecified atom stereocenters. The van der Waals surface area contributed by atoms with Gasteiger partial charge in [-0.1, -0.05) is 53.0 Å². The van der Waals surface area contributed by atoms with Gasteiger partial charge in [-0.05, 0) is 51.0 Å². The Morgan fingerprint density at radius 3 is 2.44 bits per heavy atom. The van der Waals surface area contributed by atoms with Crippen LogP contribution in [0.5, 0.6) is 0 Å². The smallest absolute Gasteiger partial charge is 0.242 e. The number of halogens is 2. The number of benzene rings is 2. The van der Waals surface area contributed by atoms with E-state index in [1.54, 1.807) is 13.0 Å². The number of amides is 2. The number of rotatable bonds is 11. The zero-order chi connectivity index (χ0) is 25.5. The van der Waals surface area contributed by atoms with Gasteiger partial charge in [0.1, 0.15) is 6.04 Å². The van der Waals surface area contributed by atoms with E-state index >= 15 is 0 Å². The molecule has 1 atom stereocenters. The highest BCUT2D eigenvalue weighted by atomic mass is 35.5. The van der Waals surface area contributed by atoms with Gasteiger partial charge >= 0.3 is 0 Å². The number of nitrogens with one attached hydrogen (secondary N) is 1. The van der Waals surface area contributed by atoms with Gasteiger partial charge in [-0.15, -0.1) is 0 Å². The normalized spacial score (nSPS) is 12.2. The molecule has 10 heteroatoms. The molecule has 0 saturated carbocycles. The Kier molecular flexibility index (Phi) is 10.2. The van der Waals surface area contributed by atoms with Crippen molar-refractivity contribution in [2.75, 3.05) is 23.7 Å². The summed E-state index contributed by atoms with van der Waals surface area (Å²) in [6, 6.07) is 11.6. The number of carbonyl (C=O) groups is 2. The van der Waals surface area contributed by atoms with E-state index in [2.05, 4.69) is 5.32 Å². The van der Waals surface area contributed by atoms with Crippen molar-refractivity contribution >= 4 is 50.7 Å². The van der Waals surface area contributed by atoms with Gasteiger partial charge in [-0.25, -0.2) is 8.42 Å². The highest BCUT2D eigenvalue weighted by molar-refractivity contribution is 7.92. The fourth-order valence-corrected chi connectivity index (χ4v) is 4.98. The minimum absolute atomic E-state index is 0.0401. The molecule has 34 heavy (non-hydrogen) atoms. The van der Waals surface area contributed by atoms with E-state index in [4.69, 9.17) is 23.2 Å². The molecule has 0 aliphatic carbocycles. The number of sulfonamides is 1. The van der Waals surface area contributed by atoms with Crippen molar-refractivity contribution in [2.45, 2.75) is 46.2 Å². The third-order valence-corrected chi connectivity index (χ3v) is 7.02. The molecule has 2 rings (SSSR count). The molecule has 0 fully saturated rings. The molecular weight excluding hydrogens is 497 g/mol. The van der Waals surface area contributed by atoms with E-state index in [1.165, 1.54) is 17.0 Å². The number of hydrogen-bond acceptors (Lipinski definition) is 4. The van der Waals surface area contributed by atoms with Gasteiger partial charge in [0.25, 0.3) is 0 Å². The summed E-state index contributed by atoms with van der Waals surface area (Å²) in [5.41, 5.74) is 2.22. The standard InChI is InChI=1S/C24H31Cl2N3O4S/c1-5-27-24(31)18(3)28(16-19-9-6-8-17(2)14-19)23(30)10-7-13-29(34(4,32)33)22-15-20(25)11-12-21(22)26/h6,8-9,11-12,14-15,18H,5,7,10,13,16H2,1-4H3,(H,27,31). The Morgan fingerprint density at radius 1 is 1.12 bits per heavy atom. The molecule has 0 aliphatic heterocycles. The molecular formula is C24H31Cl2N3O4S. The Bertz CT molecular complexity index is 1120. The van der Waals surface area contributed by atoms with Gasteiger partial charge in [-0.3, -0.25) is 13.9 Å². The van der Waals surface area contributed by atoms with Crippen molar-refractivity contribution < 1.29 is 18.0 Å². The summed E-state index contributed by atoms with van der Waals surface area (Å²) in [5.74, 6) is -0.488. The molecule has 0 heterocycles. The summed E-state index contributed by atoms with van der Waals surface area (Å²) in [5, 5.41) is 3.35. The van der Waals surface area contributed by atoms with Gasteiger partial charge in [0.15, 0.2) is 0 Å². The van der Waals surface area contributed by atoms with Gasteiger partial charge in [0, 0.05) is 31.1 Å². The number of likely N-dealkylation sites (N-methyl/N-ethyl adjacent to an activating group) is 1. The van der Waals surface area contributed by atoms with Crippen LogP contribution in [0.3, 0.4) is 0 Å². The van der Waals surface area contributed by atoms with Crippen LogP contribution < -0.4 is 9.62 Å². The number of hydrogen-bond donors (Lipinski definition) is 1. The van der Waals surface area contributed by atoms with Crippen LogP contribution in [-0.4, -0.2) is 50.5 Å². The molecule has 1 N–H and O–H groups in total. The monoisotopic (exact) mass is 527 g/mol. The Labute approximate surface area is 212 Å². The average Bonchev–Trinajstić information content (AvgIpc) is 2.75. The first-order chi connectivity index (χ1) is 15.9. The topological polar surface area (TPSA) is 86.8 Å². The molecule has 7 nitrogen and oxygen atoms in total. The molecule has 2 amide bonds. The summed E-state index contributed by atoms with van der Waals surface area (Å²) in [4.78, 5) is 27.2. The predicted octanol–water partition coefficient (Wildman–Crippen LogP) is 4.40. The summed E-state index contributed by atoms with van der Waals surface area (Å²) in [6.45, 7) is 6.24. The molecule has 186 valence electrons. The number of carbonyl (C=O) groups excluding carboxylic acids is 2. The van der Waals surface area contributed by atoms with E-state index in [-0.39, 0.29) is 48.5 Å². The van der Waals surface area contributed by atoms with Crippen LogP contribution in [0.2, 0.25) is 10.0 Å². The fraction of sp³-hybridized carbons (Fsp3) is 0.417. The van der Waals surface area contributed by atoms with Crippen molar-refractivity contribution in [3.05, 3.63) is 63.6 Å². The third-order valence-electron chi connectivity index (χ3n) is 5.28. The van der Waals surface area contributed by atoms with E-state index in [0.717, 1.165) is 21.7 Å². The van der Waals surface area contributed by atoms with Crippen LogP contribution in [0.4, 0.5) is 5.69 Å². The first-order valence-electron chi connectivity index (χ1n) is 11.0. The van der Waals surface area contributed by atoms with Crippen molar-refractivity contribution in [2.24, 2.45) is 0 Å². The predicted molar refractivity (Wildman–Crippen MR) is 138 cm³/mol. The van der Waals surface area contributed by atoms with Gasteiger partial charge in [0.2, 0.25) is 21.8 Å². The second-order valence-corrected chi connectivity index (χ2v) is 10.9. The fourth-order valence-electron chi connectivity index (χ4n) is 3.57. The molecule has 0 aliphatic rings. The molecule has 0 aromatic heterocycles. The van der Waals surface area contributed by atoms with E-state index in [1.807, 2.05) is 38.1 Å². The summed E-state index contributed by atoms with van der Waals surface area (Å²) >= 11 is 12.3. The maximum atomic E-state index is 13.2. The van der Waals surface area contributed by atoms with Crippen molar-refractivity contribution in [1.82, 2.24) is 10.2 Å².